The minimum absolute atomic E-state index is 0.0900. The lowest BCUT2D eigenvalue weighted by Crippen LogP contribution is -2.53. The van der Waals surface area contributed by atoms with Gasteiger partial charge in [0.2, 0.25) is 0 Å². The van der Waals surface area contributed by atoms with E-state index in [1.807, 2.05) is 6.92 Å². The average Bonchev–Trinajstić information content (AvgIpc) is 2.45. The van der Waals surface area contributed by atoms with Gasteiger partial charge < -0.3 is 14.9 Å². The molecule has 0 unspecified atom stereocenters. The second kappa shape index (κ2) is 6.39. The summed E-state index contributed by atoms with van der Waals surface area (Å²) in [4.78, 5) is 37.8. The Balaban J connectivity index is 2.14. The Labute approximate surface area is 123 Å². The van der Waals surface area contributed by atoms with E-state index in [4.69, 9.17) is 5.11 Å². The van der Waals surface area contributed by atoms with E-state index in [2.05, 4.69) is 0 Å². The summed E-state index contributed by atoms with van der Waals surface area (Å²) in [7, 11) is 0. The highest BCUT2D eigenvalue weighted by Gasteiger charge is 2.31. The Hall–Kier alpha value is -2.37. The molecular weight excluding hydrogens is 272 g/mol. The minimum atomic E-state index is -0.916. The third kappa shape index (κ3) is 3.39. The standard InChI is InChI=1S/C15H18N2O4/c1-2-16-7-8-17(15(21)14(16)20)10-12-6-4-3-5-11(12)9-13(18)19/h3-6H,2,7-10H2,1H3,(H,18,19). The zero-order valence-corrected chi connectivity index (χ0v) is 11.9. The normalized spacial score (nSPS) is 15.5. The summed E-state index contributed by atoms with van der Waals surface area (Å²) in [5.41, 5.74) is 1.44. The molecule has 1 aliphatic heterocycles. The number of hydrogen-bond donors (Lipinski definition) is 1. The predicted molar refractivity (Wildman–Crippen MR) is 75.5 cm³/mol. The Bertz CT molecular complexity index is 571. The smallest absolute Gasteiger partial charge is 0.312 e. The number of carbonyl (C=O) groups excluding carboxylic acids is 2. The number of piperazine rings is 1. The van der Waals surface area contributed by atoms with Crippen molar-refractivity contribution in [1.82, 2.24) is 9.80 Å². The number of aliphatic carboxylic acids is 1. The van der Waals surface area contributed by atoms with Crippen LogP contribution in [0.15, 0.2) is 24.3 Å². The van der Waals surface area contributed by atoms with Gasteiger partial charge in [0.25, 0.3) is 0 Å². The molecule has 112 valence electrons. The van der Waals surface area contributed by atoms with E-state index in [9.17, 15) is 14.4 Å². The van der Waals surface area contributed by atoms with E-state index in [-0.39, 0.29) is 13.0 Å². The van der Waals surface area contributed by atoms with Crippen molar-refractivity contribution in [2.75, 3.05) is 19.6 Å². The van der Waals surface area contributed by atoms with Crippen LogP contribution in [-0.2, 0) is 27.3 Å². The van der Waals surface area contributed by atoms with E-state index in [0.717, 1.165) is 5.56 Å². The number of likely N-dealkylation sites (N-methyl/N-ethyl adjacent to an activating group) is 1. The highest BCUT2D eigenvalue weighted by molar-refractivity contribution is 6.35. The van der Waals surface area contributed by atoms with Gasteiger partial charge in [-0.3, -0.25) is 14.4 Å². The first-order chi connectivity index (χ1) is 10.0. The molecule has 2 rings (SSSR count). The molecule has 6 nitrogen and oxygen atoms in total. The maximum absolute atomic E-state index is 12.1. The molecule has 1 heterocycles. The zero-order valence-electron chi connectivity index (χ0n) is 11.9. The van der Waals surface area contributed by atoms with Crippen LogP contribution >= 0.6 is 0 Å². The van der Waals surface area contributed by atoms with Gasteiger partial charge in [0, 0.05) is 26.2 Å². The van der Waals surface area contributed by atoms with Crippen LogP contribution in [-0.4, -0.2) is 52.3 Å². The highest BCUT2D eigenvalue weighted by Crippen LogP contribution is 2.15. The van der Waals surface area contributed by atoms with Crippen molar-refractivity contribution in [3.8, 4) is 0 Å². The van der Waals surface area contributed by atoms with E-state index in [0.29, 0.717) is 25.2 Å². The molecule has 1 saturated heterocycles. The van der Waals surface area contributed by atoms with Gasteiger partial charge in [-0.2, -0.15) is 0 Å². The van der Waals surface area contributed by atoms with E-state index in [1.54, 1.807) is 24.3 Å². The molecule has 0 radical (unpaired) electrons. The van der Waals surface area contributed by atoms with Gasteiger partial charge in [0.1, 0.15) is 0 Å². The van der Waals surface area contributed by atoms with Crippen molar-refractivity contribution >= 4 is 17.8 Å². The van der Waals surface area contributed by atoms with Gasteiger partial charge in [0.15, 0.2) is 0 Å². The molecule has 0 spiro atoms. The van der Waals surface area contributed by atoms with E-state index in [1.165, 1.54) is 9.80 Å². The van der Waals surface area contributed by atoms with Crippen LogP contribution in [0.3, 0.4) is 0 Å². The summed E-state index contributed by atoms with van der Waals surface area (Å²) in [5, 5.41) is 8.92. The van der Waals surface area contributed by atoms with Crippen LogP contribution in [0.4, 0.5) is 0 Å². The lowest BCUT2D eigenvalue weighted by Gasteiger charge is -2.33. The SMILES string of the molecule is CCN1CCN(Cc2ccccc2CC(=O)O)C(=O)C1=O. The Morgan fingerprint density at radius 1 is 1.10 bits per heavy atom. The lowest BCUT2D eigenvalue weighted by molar-refractivity contribution is -0.156. The monoisotopic (exact) mass is 290 g/mol. The molecule has 6 heteroatoms. The molecule has 21 heavy (non-hydrogen) atoms. The zero-order chi connectivity index (χ0) is 15.4. The first-order valence-corrected chi connectivity index (χ1v) is 6.89. The van der Waals surface area contributed by atoms with Crippen molar-refractivity contribution in [2.45, 2.75) is 19.9 Å². The summed E-state index contributed by atoms with van der Waals surface area (Å²) < 4.78 is 0. The third-order valence-corrected chi connectivity index (χ3v) is 3.60. The minimum Gasteiger partial charge on any atom is -0.481 e. The Morgan fingerprint density at radius 2 is 1.67 bits per heavy atom. The van der Waals surface area contributed by atoms with Crippen LogP contribution in [0.5, 0.6) is 0 Å². The summed E-state index contributed by atoms with van der Waals surface area (Å²) in [6.45, 7) is 3.62. The van der Waals surface area contributed by atoms with Gasteiger partial charge in [-0.1, -0.05) is 24.3 Å². The molecule has 2 amide bonds. The fourth-order valence-corrected chi connectivity index (χ4v) is 2.42. The van der Waals surface area contributed by atoms with Crippen LogP contribution in [0.2, 0.25) is 0 Å². The summed E-state index contributed by atoms with van der Waals surface area (Å²) >= 11 is 0. The first-order valence-electron chi connectivity index (χ1n) is 6.89. The Kier molecular flexibility index (Phi) is 4.57. The van der Waals surface area contributed by atoms with Crippen molar-refractivity contribution < 1.29 is 19.5 Å². The molecule has 1 N–H and O–H groups in total. The summed E-state index contributed by atoms with van der Waals surface area (Å²) in [6, 6.07) is 7.10. The molecule has 1 fully saturated rings. The van der Waals surface area contributed by atoms with Crippen molar-refractivity contribution in [3.05, 3.63) is 35.4 Å². The van der Waals surface area contributed by atoms with Gasteiger partial charge >= 0.3 is 17.8 Å². The molecule has 0 atom stereocenters. The average molecular weight is 290 g/mol. The van der Waals surface area contributed by atoms with Crippen LogP contribution in [0, 0.1) is 0 Å². The second-order valence-corrected chi connectivity index (χ2v) is 4.95. The summed E-state index contributed by atoms with van der Waals surface area (Å²) in [5.74, 6) is -1.92. The summed E-state index contributed by atoms with van der Waals surface area (Å²) in [6.07, 6.45) is -0.0900. The van der Waals surface area contributed by atoms with Gasteiger partial charge in [-0.15, -0.1) is 0 Å². The molecule has 0 bridgehead atoms. The van der Waals surface area contributed by atoms with Gasteiger partial charge in [-0.05, 0) is 18.1 Å². The van der Waals surface area contributed by atoms with Gasteiger partial charge in [0.05, 0.1) is 6.42 Å². The quantitative estimate of drug-likeness (QED) is 0.801. The van der Waals surface area contributed by atoms with Crippen LogP contribution in [0.1, 0.15) is 18.1 Å². The third-order valence-electron chi connectivity index (χ3n) is 3.60. The molecule has 0 aliphatic carbocycles. The molecule has 1 aliphatic rings. The molecule has 1 aromatic rings. The first kappa shape index (κ1) is 15.0. The topological polar surface area (TPSA) is 77.9 Å². The molecular formula is C15H18N2O4. The Morgan fingerprint density at radius 3 is 2.29 bits per heavy atom. The fraction of sp³-hybridized carbons (Fsp3) is 0.400. The van der Waals surface area contributed by atoms with Crippen LogP contribution in [0.25, 0.3) is 0 Å². The molecule has 1 aromatic carbocycles. The van der Waals surface area contributed by atoms with Crippen molar-refractivity contribution in [1.29, 1.82) is 0 Å². The number of benzene rings is 1. The fourth-order valence-electron chi connectivity index (χ4n) is 2.42. The van der Waals surface area contributed by atoms with E-state index < -0.39 is 17.8 Å². The van der Waals surface area contributed by atoms with Crippen molar-refractivity contribution in [2.24, 2.45) is 0 Å². The molecule has 0 saturated carbocycles. The number of carboxylic acid groups (broad SMARTS) is 1. The predicted octanol–water partition coefficient (Wildman–Crippen LogP) is 0.504. The lowest BCUT2D eigenvalue weighted by atomic mass is 10.0. The second-order valence-electron chi connectivity index (χ2n) is 4.95. The maximum atomic E-state index is 12.1. The number of carbonyl (C=O) groups is 3. The largest absolute Gasteiger partial charge is 0.481 e. The number of rotatable bonds is 5. The van der Waals surface area contributed by atoms with Crippen molar-refractivity contribution in [3.63, 3.8) is 0 Å². The maximum Gasteiger partial charge on any atom is 0.312 e. The number of carboxylic acids is 1. The van der Waals surface area contributed by atoms with E-state index >= 15 is 0 Å². The number of amides is 2. The number of hydrogen-bond acceptors (Lipinski definition) is 3. The van der Waals surface area contributed by atoms with Gasteiger partial charge in [-0.25, -0.2) is 0 Å². The van der Waals surface area contributed by atoms with Crippen LogP contribution < -0.4 is 0 Å². The molecule has 0 aromatic heterocycles. The highest BCUT2D eigenvalue weighted by atomic mass is 16.4. The number of nitrogens with zero attached hydrogens (tertiary/aromatic N) is 2.